The Morgan fingerprint density at radius 1 is 1.11 bits per heavy atom. The van der Waals surface area contributed by atoms with E-state index >= 15 is 0 Å². The second-order valence-corrected chi connectivity index (χ2v) is 10.3. The number of carbonyl (C=O) groups excluding carboxylic acids is 1. The molecule has 3 aromatic carbocycles. The van der Waals surface area contributed by atoms with Crippen LogP contribution in [0.3, 0.4) is 0 Å². The van der Waals surface area contributed by atoms with Gasteiger partial charge in [-0.15, -0.1) is 5.69 Å². The van der Waals surface area contributed by atoms with E-state index in [1.165, 1.54) is 0 Å². The zero-order valence-electron chi connectivity index (χ0n) is 21.9. The maximum Gasteiger partial charge on any atom is 0.0749 e. The molecule has 1 fully saturated rings. The average molecular weight is 576 g/mol. The first-order valence-corrected chi connectivity index (χ1v) is 13.4. The van der Waals surface area contributed by atoms with E-state index in [0.717, 1.165) is 43.5 Å². The van der Waals surface area contributed by atoms with Crippen molar-refractivity contribution in [3.63, 3.8) is 0 Å². The SMILES string of the molecule is CCN1CCC[C@]1(C)C(=O)[N-]c1ccc(Cl)cc1C(=NC[C@@H](CO)Cc1ccccc1)c1ccccc1.[Ni]. The first kappa shape index (κ1) is 30.1. The molecule has 3 aromatic rings. The van der Waals surface area contributed by atoms with Crippen molar-refractivity contribution in [3.05, 3.63) is 106 Å². The third-order valence-corrected chi connectivity index (χ3v) is 7.48. The third-order valence-electron chi connectivity index (χ3n) is 7.25. The van der Waals surface area contributed by atoms with Crippen molar-refractivity contribution in [3.8, 4) is 0 Å². The van der Waals surface area contributed by atoms with Crippen LogP contribution in [0.2, 0.25) is 5.02 Å². The van der Waals surface area contributed by atoms with Crippen LogP contribution < -0.4 is 0 Å². The monoisotopic (exact) mass is 574 g/mol. The number of nitrogens with zero attached hydrogens (tertiary/aromatic N) is 3. The van der Waals surface area contributed by atoms with E-state index < -0.39 is 5.54 Å². The van der Waals surface area contributed by atoms with Crippen LogP contribution in [0.25, 0.3) is 5.32 Å². The minimum Gasteiger partial charge on any atom is -0.625 e. The summed E-state index contributed by atoms with van der Waals surface area (Å²) < 4.78 is 0. The number of halogens is 1. The molecule has 1 saturated heterocycles. The molecule has 1 aliphatic heterocycles. The van der Waals surface area contributed by atoms with Gasteiger partial charge in [-0.2, -0.15) is 0 Å². The largest absolute Gasteiger partial charge is 0.625 e. The molecule has 7 heteroatoms. The summed E-state index contributed by atoms with van der Waals surface area (Å²) in [6.07, 6.45) is 2.50. The van der Waals surface area contributed by atoms with Crippen LogP contribution in [-0.4, -0.2) is 53.4 Å². The number of carbonyl (C=O) groups is 1. The maximum absolute atomic E-state index is 13.5. The molecule has 5 nitrogen and oxygen atoms in total. The molecule has 4 rings (SSSR count). The predicted molar refractivity (Wildman–Crippen MR) is 152 cm³/mol. The van der Waals surface area contributed by atoms with E-state index in [0.29, 0.717) is 28.5 Å². The molecule has 0 saturated carbocycles. The summed E-state index contributed by atoms with van der Waals surface area (Å²) in [6.45, 7) is 6.24. The minimum absolute atomic E-state index is 0. The fraction of sp³-hybridized carbons (Fsp3) is 0.355. The molecule has 0 aromatic heterocycles. The summed E-state index contributed by atoms with van der Waals surface area (Å²) in [4.78, 5) is 20.7. The van der Waals surface area contributed by atoms with Gasteiger partial charge in [0.25, 0.3) is 0 Å². The summed E-state index contributed by atoms with van der Waals surface area (Å²) in [5.74, 6) is -0.182. The van der Waals surface area contributed by atoms with Gasteiger partial charge >= 0.3 is 0 Å². The van der Waals surface area contributed by atoms with Gasteiger partial charge in [-0.1, -0.05) is 85.3 Å². The topological polar surface area (TPSA) is 67.0 Å². The molecule has 0 spiro atoms. The van der Waals surface area contributed by atoms with Gasteiger partial charge < -0.3 is 15.2 Å². The van der Waals surface area contributed by atoms with Crippen LogP contribution in [0, 0.1) is 5.92 Å². The Labute approximate surface area is 241 Å². The number of aliphatic hydroxyl groups excluding tert-OH is 1. The number of benzene rings is 3. The fourth-order valence-electron chi connectivity index (χ4n) is 5.08. The zero-order valence-corrected chi connectivity index (χ0v) is 23.7. The van der Waals surface area contributed by atoms with Gasteiger partial charge in [-0.3, -0.25) is 9.89 Å². The van der Waals surface area contributed by atoms with Crippen molar-refractivity contribution in [2.24, 2.45) is 10.9 Å². The summed E-state index contributed by atoms with van der Waals surface area (Å²) >= 11 is 6.45. The maximum atomic E-state index is 13.5. The Morgan fingerprint density at radius 2 is 1.79 bits per heavy atom. The second-order valence-electron chi connectivity index (χ2n) is 9.83. The Bertz CT molecular complexity index is 1220. The van der Waals surface area contributed by atoms with Crippen molar-refractivity contribution < 1.29 is 26.4 Å². The van der Waals surface area contributed by atoms with E-state index in [4.69, 9.17) is 16.6 Å². The first-order chi connectivity index (χ1) is 17.9. The smallest absolute Gasteiger partial charge is 0.0749 e. The molecule has 1 aliphatic rings. The number of hydrogen-bond donors (Lipinski definition) is 1. The van der Waals surface area contributed by atoms with Gasteiger partial charge in [-0.05, 0) is 62.5 Å². The molecule has 1 amide bonds. The molecule has 1 heterocycles. The molecule has 0 aliphatic carbocycles. The van der Waals surface area contributed by atoms with Gasteiger partial charge in [0.1, 0.15) is 0 Å². The molecule has 38 heavy (non-hydrogen) atoms. The van der Waals surface area contributed by atoms with Gasteiger partial charge in [0.05, 0.1) is 17.2 Å². The Balaban J connectivity index is 0.00000400. The number of likely N-dealkylation sites (N-methyl/N-ethyl adjacent to an activating group) is 1. The van der Waals surface area contributed by atoms with Crippen molar-refractivity contribution >= 4 is 28.9 Å². The van der Waals surface area contributed by atoms with Crippen molar-refractivity contribution in [1.82, 2.24) is 4.90 Å². The van der Waals surface area contributed by atoms with Crippen LogP contribution in [0.5, 0.6) is 0 Å². The first-order valence-electron chi connectivity index (χ1n) is 13.0. The zero-order chi connectivity index (χ0) is 26.3. The van der Waals surface area contributed by atoms with Crippen LogP contribution >= 0.6 is 11.6 Å². The van der Waals surface area contributed by atoms with Gasteiger partial charge in [0, 0.05) is 46.1 Å². The molecular formula is C31H35ClN3NiO2-. The van der Waals surface area contributed by atoms with E-state index in [1.807, 2.05) is 61.5 Å². The fourth-order valence-corrected chi connectivity index (χ4v) is 5.25. The molecule has 204 valence electrons. The number of aliphatic hydroxyl groups is 1. The molecular weight excluding hydrogens is 541 g/mol. The van der Waals surface area contributed by atoms with E-state index in [1.54, 1.807) is 12.1 Å². The van der Waals surface area contributed by atoms with Crippen LogP contribution in [0.15, 0.2) is 83.9 Å². The number of hydrogen-bond acceptors (Lipinski definition) is 4. The standard InChI is InChI=1S/C31H36ClN3O2.Ni/c1-3-35-18-10-17-31(35,2)30(37)34-28-16-15-26(32)20-27(28)29(25-13-8-5-9-14-25)33-21-24(22-36)19-23-11-6-4-7-12-23;/h4-9,11-16,20,24,36H,3,10,17-19,21-22H2,1-2H3,(H,33,34,37);/p-1/t24-,31+;/m0./s1. The average Bonchev–Trinajstić information content (AvgIpc) is 3.32. The van der Waals surface area contributed by atoms with Crippen molar-refractivity contribution in [1.29, 1.82) is 0 Å². The molecule has 1 N–H and O–H groups in total. The third kappa shape index (κ3) is 7.12. The summed E-state index contributed by atoms with van der Waals surface area (Å²) in [7, 11) is 0. The second kappa shape index (κ2) is 14.0. The summed E-state index contributed by atoms with van der Waals surface area (Å²) in [5.41, 5.74) is 3.45. The van der Waals surface area contributed by atoms with E-state index in [2.05, 4.69) is 29.3 Å². The van der Waals surface area contributed by atoms with Gasteiger partial charge in [0.2, 0.25) is 0 Å². The summed E-state index contributed by atoms with van der Waals surface area (Å²) in [5, 5.41) is 15.3. The predicted octanol–water partition coefficient (Wildman–Crippen LogP) is 6.43. The number of likely N-dealkylation sites (tertiary alicyclic amines) is 1. The quantitative estimate of drug-likeness (QED) is 0.224. The molecule has 2 atom stereocenters. The van der Waals surface area contributed by atoms with Crippen molar-refractivity contribution in [2.75, 3.05) is 26.2 Å². The Kier molecular flexibility index (Phi) is 11.1. The normalized spacial score (nSPS) is 18.6. The summed E-state index contributed by atoms with van der Waals surface area (Å²) in [6, 6.07) is 25.4. The number of aliphatic imine (C=N–C) groups is 1. The number of rotatable bonds is 10. The Morgan fingerprint density at radius 3 is 2.45 bits per heavy atom. The van der Waals surface area contributed by atoms with Crippen LogP contribution in [0.4, 0.5) is 5.69 Å². The van der Waals surface area contributed by atoms with Crippen LogP contribution in [0.1, 0.15) is 43.4 Å². The number of amides is 1. The molecule has 0 radical (unpaired) electrons. The van der Waals surface area contributed by atoms with E-state index in [9.17, 15) is 9.90 Å². The van der Waals surface area contributed by atoms with Crippen LogP contribution in [-0.2, 0) is 27.7 Å². The Hall–Kier alpha value is -2.50. The van der Waals surface area contributed by atoms with Crippen molar-refractivity contribution in [2.45, 2.75) is 38.6 Å². The van der Waals surface area contributed by atoms with E-state index in [-0.39, 0.29) is 34.9 Å². The molecule has 0 unspecified atom stereocenters. The minimum atomic E-state index is -0.604. The van der Waals surface area contributed by atoms with Gasteiger partial charge in [-0.25, -0.2) is 0 Å². The molecule has 0 bridgehead atoms. The van der Waals surface area contributed by atoms with Gasteiger partial charge in [0.15, 0.2) is 0 Å².